The average Bonchev–Trinajstić information content (AvgIpc) is 2.75. The quantitative estimate of drug-likeness (QED) is 0.701. The van der Waals surface area contributed by atoms with E-state index in [4.69, 9.17) is 0 Å². The molecule has 0 aromatic rings. The predicted molar refractivity (Wildman–Crippen MR) is 76.4 cm³/mol. The fraction of sp³-hybridized carbons (Fsp3) is 1.00. The van der Waals surface area contributed by atoms with Crippen molar-refractivity contribution in [1.82, 2.24) is 10.2 Å². The van der Waals surface area contributed by atoms with Gasteiger partial charge in [0.1, 0.15) is 0 Å². The van der Waals surface area contributed by atoms with Crippen molar-refractivity contribution in [2.45, 2.75) is 59.4 Å². The van der Waals surface area contributed by atoms with E-state index < -0.39 is 0 Å². The van der Waals surface area contributed by atoms with Crippen molar-refractivity contribution in [2.75, 3.05) is 26.2 Å². The number of nitrogens with zero attached hydrogens (tertiary/aromatic N) is 1. The molecule has 2 nitrogen and oxygen atoms in total. The van der Waals surface area contributed by atoms with E-state index in [2.05, 4.69) is 37.9 Å². The van der Waals surface area contributed by atoms with Crippen LogP contribution in [-0.4, -0.2) is 37.1 Å². The fourth-order valence-electron chi connectivity index (χ4n) is 2.84. The van der Waals surface area contributed by atoms with E-state index in [0.717, 1.165) is 11.8 Å². The van der Waals surface area contributed by atoms with Gasteiger partial charge < -0.3 is 10.2 Å². The molecule has 0 amide bonds. The van der Waals surface area contributed by atoms with Gasteiger partial charge in [-0.25, -0.2) is 0 Å². The maximum atomic E-state index is 3.70. The molecular weight excluding hydrogens is 208 g/mol. The molecule has 1 aliphatic rings. The second-order valence-corrected chi connectivity index (χ2v) is 5.99. The fourth-order valence-corrected chi connectivity index (χ4v) is 2.84. The van der Waals surface area contributed by atoms with E-state index in [9.17, 15) is 0 Å². The third-order valence-electron chi connectivity index (χ3n) is 4.05. The van der Waals surface area contributed by atoms with Crippen molar-refractivity contribution in [3.05, 3.63) is 0 Å². The molecule has 1 N–H and O–H groups in total. The van der Waals surface area contributed by atoms with Gasteiger partial charge in [-0.1, -0.05) is 34.1 Å². The van der Waals surface area contributed by atoms with Gasteiger partial charge in [0.05, 0.1) is 0 Å². The van der Waals surface area contributed by atoms with E-state index in [0.29, 0.717) is 6.04 Å². The lowest BCUT2D eigenvalue weighted by Gasteiger charge is -2.25. The molecule has 2 heteroatoms. The highest BCUT2D eigenvalue weighted by molar-refractivity contribution is 4.81. The van der Waals surface area contributed by atoms with Crippen LogP contribution < -0.4 is 5.32 Å². The molecule has 0 spiro atoms. The molecular formula is C15H32N2. The molecule has 1 saturated heterocycles. The van der Waals surface area contributed by atoms with Crippen LogP contribution in [0.4, 0.5) is 0 Å². The molecule has 0 saturated carbocycles. The Morgan fingerprint density at radius 1 is 1.24 bits per heavy atom. The van der Waals surface area contributed by atoms with E-state index >= 15 is 0 Å². The summed E-state index contributed by atoms with van der Waals surface area (Å²) in [4.78, 5) is 2.67. The zero-order chi connectivity index (χ0) is 12.7. The molecule has 0 aromatic heterocycles. The Balaban J connectivity index is 2.29. The molecule has 0 radical (unpaired) electrons. The van der Waals surface area contributed by atoms with E-state index in [1.54, 1.807) is 0 Å². The first-order chi connectivity index (χ1) is 8.17. The molecule has 2 unspecified atom stereocenters. The number of rotatable bonds is 8. The predicted octanol–water partition coefficient (Wildman–Crippen LogP) is 3.13. The smallest absolute Gasteiger partial charge is 0.0194 e. The van der Waals surface area contributed by atoms with Crippen molar-refractivity contribution in [1.29, 1.82) is 0 Å². The summed E-state index contributed by atoms with van der Waals surface area (Å²) in [5, 5.41) is 3.70. The minimum absolute atomic E-state index is 0.714. The molecule has 0 aliphatic carbocycles. The van der Waals surface area contributed by atoms with Crippen LogP contribution in [0, 0.1) is 11.8 Å². The number of nitrogens with one attached hydrogen (secondary N) is 1. The second-order valence-electron chi connectivity index (χ2n) is 5.99. The van der Waals surface area contributed by atoms with Gasteiger partial charge >= 0.3 is 0 Å². The van der Waals surface area contributed by atoms with Crippen molar-refractivity contribution >= 4 is 0 Å². The Morgan fingerprint density at radius 2 is 2.00 bits per heavy atom. The minimum atomic E-state index is 0.714. The van der Waals surface area contributed by atoms with Crippen LogP contribution in [0.3, 0.4) is 0 Å². The molecule has 2 atom stereocenters. The normalized spacial score (nSPS) is 23.5. The lowest BCUT2D eigenvalue weighted by molar-refractivity contribution is 0.262. The van der Waals surface area contributed by atoms with E-state index in [1.807, 2.05) is 0 Å². The zero-order valence-electron chi connectivity index (χ0n) is 12.3. The summed E-state index contributed by atoms with van der Waals surface area (Å²) >= 11 is 0. The lowest BCUT2D eigenvalue weighted by Crippen LogP contribution is -2.40. The Labute approximate surface area is 108 Å². The molecule has 1 rings (SSSR count). The standard InChI is InChI=1S/C15H32N2/c1-5-7-15(16-9-6-2)12-17-10-8-14(11-17)13(3)4/h13-16H,5-12H2,1-4H3. The van der Waals surface area contributed by atoms with Crippen LogP contribution in [0.5, 0.6) is 0 Å². The third kappa shape index (κ3) is 5.39. The van der Waals surface area contributed by atoms with Crippen molar-refractivity contribution in [3.63, 3.8) is 0 Å². The third-order valence-corrected chi connectivity index (χ3v) is 4.05. The first-order valence-corrected chi connectivity index (χ1v) is 7.63. The summed E-state index contributed by atoms with van der Waals surface area (Å²) in [6.07, 6.45) is 5.27. The summed E-state index contributed by atoms with van der Waals surface area (Å²) < 4.78 is 0. The summed E-state index contributed by atoms with van der Waals surface area (Å²) in [6, 6.07) is 0.714. The summed E-state index contributed by atoms with van der Waals surface area (Å²) in [5.74, 6) is 1.79. The highest BCUT2D eigenvalue weighted by atomic mass is 15.2. The van der Waals surface area contributed by atoms with Gasteiger partial charge in [-0.3, -0.25) is 0 Å². The first-order valence-electron chi connectivity index (χ1n) is 7.63. The summed E-state index contributed by atoms with van der Waals surface area (Å²) in [6.45, 7) is 14.4. The highest BCUT2D eigenvalue weighted by Crippen LogP contribution is 2.23. The van der Waals surface area contributed by atoms with Gasteiger partial charge in [0.25, 0.3) is 0 Å². The zero-order valence-corrected chi connectivity index (χ0v) is 12.3. The van der Waals surface area contributed by atoms with Gasteiger partial charge in [0.2, 0.25) is 0 Å². The van der Waals surface area contributed by atoms with Crippen LogP contribution in [0.2, 0.25) is 0 Å². The van der Waals surface area contributed by atoms with Crippen molar-refractivity contribution < 1.29 is 0 Å². The Bertz CT molecular complexity index is 191. The topological polar surface area (TPSA) is 15.3 Å². The van der Waals surface area contributed by atoms with Crippen LogP contribution in [0.15, 0.2) is 0 Å². The molecule has 0 aromatic carbocycles. The molecule has 17 heavy (non-hydrogen) atoms. The van der Waals surface area contributed by atoms with E-state index in [-0.39, 0.29) is 0 Å². The monoisotopic (exact) mass is 240 g/mol. The van der Waals surface area contributed by atoms with Crippen molar-refractivity contribution in [2.24, 2.45) is 11.8 Å². The summed E-state index contributed by atoms with van der Waals surface area (Å²) in [7, 11) is 0. The van der Waals surface area contributed by atoms with Gasteiger partial charge in [0, 0.05) is 19.1 Å². The Hall–Kier alpha value is -0.0800. The number of hydrogen-bond donors (Lipinski definition) is 1. The van der Waals surface area contributed by atoms with Gasteiger partial charge in [-0.2, -0.15) is 0 Å². The Morgan fingerprint density at radius 3 is 2.53 bits per heavy atom. The van der Waals surface area contributed by atoms with Crippen LogP contribution in [-0.2, 0) is 0 Å². The van der Waals surface area contributed by atoms with Gasteiger partial charge in [0.15, 0.2) is 0 Å². The Kier molecular flexibility index (Phi) is 7.14. The minimum Gasteiger partial charge on any atom is -0.313 e. The molecule has 0 bridgehead atoms. The maximum absolute atomic E-state index is 3.70. The molecule has 1 fully saturated rings. The SMILES string of the molecule is CCCNC(CCC)CN1CCC(C(C)C)C1. The van der Waals surface area contributed by atoms with Crippen LogP contribution in [0.25, 0.3) is 0 Å². The van der Waals surface area contributed by atoms with Crippen molar-refractivity contribution in [3.8, 4) is 0 Å². The number of likely N-dealkylation sites (tertiary alicyclic amines) is 1. The largest absolute Gasteiger partial charge is 0.313 e. The number of hydrogen-bond acceptors (Lipinski definition) is 2. The summed E-state index contributed by atoms with van der Waals surface area (Å²) in [5.41, 5.74) is 0. The molecule has 102 valence electrons. The van der Waals surface area contributed by atoms with E-state index in [1.165, 1.54) is 51.9 Å². The maximum Gasteiger partial charge on any atom is 0.0194 e. The highest BCUT2D eigenvalue weighted by Gasteiger charge is 2.25. The molecule has 1 heterocycles. The van der Waals surface area contributed by atoms with Gasteiger partial charge in [-0.05, 0) is 44.2 Å². The first kappa shape index (κ1) is 15.0. The molecule has 1 aliphatic heterocycles. The van der Waals surface area contributed by atoms with Crippen LogP contribution >= 0.6 is 0 Å². The lowest BCUT2D eigenvalue weighted by atomic mass is 9.95. The second kappa shape index (κ2) is 8.10. The van der Waals surface area contributed by atoms with Gasteiger partial charge in [-0.15, -0.1) is 0 Å². The average molecular weight is 240 g/mol. The van der Waals surface area contributed by atoms with Crippen LogP contribution in [0.1, 0.15) is 53.4 Å².